The molecule has 2 aromatic rings. The number of hydrogen-bond donors (Lipinski definition) is 2. The van der Waals surface area contributed by atoms with E-state index in [1.54, 1.807) is 12.1 Å². The number of nitrogens with zero attached hydrogens (tertiary/aromatic N) is 1. The van der Waals surface area contributed by atoms with Crippen LogP contribution in [0.1, 0.15) is 32.0 Å². The third-order valence-corrected chi connectivity index (χ3v) is 3.51. The van der Waals surface area contributed by atoms with Crippen molar-refractivity contribution in [2.75, 3.05) is 5.43 Å². The molecule has 5 heteroatoms. The summed E-state index contributed by atoms with van der Waals surface area (Å²) in [6.45, 7) is 6.83. The third-order valence-electron chi connectivity index (χ3n) is 3.16. The maximum atomic E-state index is 6.09. The lowest BCUT2D eigenvalue weighted by Crippen LogP contribution is -2.11. The number of nitrogen functional groups attached to an aromatic ring is 1. The molecule has 0 radical (unpaired) electrons. The second-order valence-corrected chi connectivity index (χ2v) is 6.24. The van der Waals surface area contributed by atoms with Crippen LogP contribution in [0.3, 0.4) is 0 Å². The molecule has 112 valence electrons. The van der Waals surface area contributed by atoms with E-state index >= 15 is 0 Å². The van der Waals surface area contributed by atoms with E-state index in [9.17, 15) is 0 Å². The summed E-state index contributed by atoms with van der Waals surface area (Å²) in [4.78, 5) is 4.27. The fraction of sp³-hybridized carbons (Fsp3) is 0.312. The summed E-state index contributed by atoms with van der Waals surface area (Å²) >= 11 is 6.09. The van der Waals surface area contributed by atoms with Crippen LogP contribution >= 0.6 is 11.6 Å². The number of hydrazine groups is 1. The number of rotatable bonds is 4. The number of pyridine rings is 1. The van der Waals surface area contributed by atoms with Crippen molar-refractivity contribution in [2.45, 2.75) is 32.8 Å². The zero-order chi connectivity index (χ0) is 15.5. The van der Waals surface area contributed by atoms with E-state index in [0.29, 0.717) is 23.1 Å². The molecule has 0 saturated heterocycles. The Balaban J connectivity index is 2.06. The Kier molecular flexibility index (Phi) is 4.70. The first-order chi connectivity index (χ1) is 9.90. The molecule has 1 heterocycles. The van der Waals surface area contributed by atoms with Crippen LogP contribution in [0.15, 0.2) is 36.4 Å². The summed E-state index contributed by atoms with van der Waals surface area (Å²) in [7, 11) is 0. The molecule has 1 aromatic heterocycles. The maximum absolute atomic E-state index is 6.09. The van der Waals surface area contributed by atoms with Gasteiger partial charge in [0, 0.05) is 0 Å². The molecule has 1 aromatic carbocycles. The highest BCUT2D eigenvalue weighted by Crippen LogP contribution is 2.25. The van der Waals surface area contributed by atoms with E-state index in [1.807, 2.05) is 12.1 Å². The molecule has 0 bridgehead atoms. The first-order valence-electron chi connectivity index (χ1n) is 6.75. The Hall–Kier alpha value is -1.78. The highest BCUT2D eigenvalue weighted by atomic mass is 35.5. The van der Waals surface area contributed by atoms with Crippen LogP contribution < -0.4 is 16.0 Å². The van der Waals surface area contributed by atoms with Crippen LogP contribution in [-0.2, 0) is 12.0 Å². The predicted octanol–water partition coefficient (Wildman–Crippen LogP) is 3.90. The molecule has 0 unspecified atom stereocenters. The van der Waals surface area contributed by atoms with Crippen molar-refractivity contribution in [3.8, 4) is 5.75 Å². The quantitative estimate of drug-likeness (QED) is 0.664. The average Bonchev–Trinajstić information content (AvgIpc) is 2.46. The van der Waals surface area contributed by atoms with Crippen LogP contribution in [0, 0.1) is 0 Å². The monoisotopic (exact) mass is 305 g/mol. The SMILES string of the molecule is CC(C)(C)c1ccc(OCc2nc(NN)ccc2Cl)cc1. The molecule has 4 nitrogen and oxygen atoms in total. The normalized spacial score (nSPS) is 11.3. The van der Waals surface area contributed by atoms with Gasteiger partial charge in [-0.2, -0.15) is 0 Å². The van der Waals surface area contributed by atoms with E-state index in [-0.39, 0.29) is 5.41 Å². The van der Waals surface area contributed by atoms with Crippen molar-refractivity contribution in [3.63, 3.8) is 0 Å². The predicted molar refractivity (Wildman–Crippen MR) is 86.5 cm³/mol. The van der Waals surface area contributed by atoms with Gasteiger partial charge in [0.25, 0.3) is 0 Å². The van der Waals surface area contributed by atoms with Crippen LogP contribution in [-0.4, -0.2) is 4.98 Å². The largest absolute Gasteiger partial charge is 0.487 e. The zero-order valence-corrected chi connectivity index (χ0v) is 13.2. The van der Waals surface area contributed by atoms with E-state index in [1.165, 1.54) is 5.56 Å². The number of aromatic nitrogens is 1. The van der Waals surface area contributed by atoms with Crippen LogP contribution in [0.2, 0.25) is 5.02 Å². The summed E-state index contributed by atoms with van der Waals surface area (Å²) in [6.07, 6.45) is 0. The number of nitrogens with two attached hydrogens (primary N) is 1. The lowest BCUT2D eigenvalue weighted by molar-refractivity contribution is 0.301. The first kappa shape index (κ1) is 15.6. The summed E-state index contributed by atoms with van der Waals surface area (Å²) in [5, 5.41) is 0.556. The molecule has 0 fully saturated rings. The van der Waals surface area contributed by atoms with Crippen LogP contribution in [0.25, 0.3) is 0 Å². The Morgan fingerprint density at radius 1 is 1.14 bits per heavy atom. The van der Waals surface area contributed by atoms with Gasteiger partial charge in [-0.05, 0) is 35.2 Å². The molecule has 0 amide bonds. The molecule has 0 aliphatic carbocycles. The van der Waals surface area contributed by atoms with Gasteiger partial charge in [-0.15, -0.1) is 0 Å². The topological polar surface area (TPSA) is 60.2 Å². The van der Waals surface area contributed by atoms with Gasteiger partial charge in [0.1, 0.15) is 18.2 Å². The molecule has 3 N–H and O–H groups in total. The fourth-order valence-electron chi connectivity index (χ4n) is 1.87. The van der Waals surface area contributed by atoms with Gasteiger partial charge in [-0.25, -0.2) is 10.8 Å². The molecule has 0 atom stereocenters. The second-order valence-electron chi connectivity index (χ2n) is 5.83. The molecule has 2 rings (SSSR count). The number of hydrogen-bond acceptors (Lipinski definition) is 4. The fourth-order valence-corrected chi connectivity index (χ4v) is 2.03. The standard InChI is InChI=1S/C16H20ClN3O/c1-16(2,3)11-4-6-12(7-5-11)21-10-14-13(17)8-9-15(19-14)20-18/h4-9H,10,18H2,1-3H3,(H,19,20). The average molecular weight is 306 g/mol. The Morgan fingerprint density at radius 3 is 2.38 bits per heavy atom. The van der Waals surface area contributed by atoms with Gasteiger partial charge in [-0.1, -0.05) is 44.5 Å². The van der Waals surface area contributed by atoms with Gasteiger partial charge in [0.05, 0.1) is 10.7 Å². The number of benzene rings is 1. The summed E-state index contributed by atoms with van der Waals surface area (Å²) < 4.78 is 5.72. The molecular weight excluding hydrogens is 286 g/mol. The van der Waals surface area contributed by atoms with Crippen molar-refractivity contribution < 1.29 is 4.74 Å². The van der Waals surface area contributed by atoms with E-state index in [0.717, 1.165) is 5.75 Å². The number of anilines is 1. The van der Waals surface area contributed by atoms with Gasteiger partial charge in [0.15, 0.2) is 0 Å². The van der Waals surface area contributed by atoms with Crippen molar-refractivity contribution >= 4 is 17.4 Å². The summed E-state index contributed by atoms with van der Waals surface area (Å²) in [5.41, 5.74) is 4.53. The minimum Gasteiger partial charge on any atom is -0.487 e. The van der Waals surface area contributed by atoms with Gasteiger partial charge in [0.2, 0.25) is 0 Å². The van der Waals surface area contributed by atoms with Gasteiger partial charge in [-0.3, -0.25) is 0 Å². The number of halogens is 1. The van der Waals surface area contributed by atoms with Crippen molar-refractivity contribution in [1.29, 1.82) is 0 Å². The maximum Gasteiger partial charge on any atom is 0.140 e. The molecule has 21 heavy (non-hydrogen) atoms. The minimum atomic E-state index is 0.129. The van der Waals surface area contributed by atoms with E-state index < -0.39 is 0 Å². The van der Waals surface area contributed by atoms with E-state index in [4.69, 9.17) is 22.2 Å². The summed E-state index contributed by atoms with van der Waals surface area (Å²) in [6, 6.07) is 11.5. The third kappa shape index (κ3) is 4.09. The molecule has 0 aliphatic rings. The first-order valence-corrected chi connectivity index (χ1v) is 7.13. The lowest BCUT2D eigenvalue weighted by atomic mass is 9.87. The number of nitrogens with one attached hydrogen (secondary N) is 1. The molecule has 0 saturated carbocycles. The van der Waals surface area contributed by atoms with Crippen molar-refractivity contribution in [2.24, 2.45) is 5.84 Å². The second kappa shape index (κ2) is 6.33. The highest BCUT2D eigenvalue weighted by Gasteiger charge is 2.13. The molecule has 0 spiro atoms. The Labute approximate surface area is 130 Å². The smallest absolute Gasteiger partial charge is 0.140 e. The summed E-state index contributed by atoms with van der Waals surface area (Å²) in [5.74, 6) is 6.68. The number of ether oxygens (including phenoxy) is 1. The Morgan fingerprint density at radius 2 is 1.81 bits per heavy atom. The Bertz CT molecular complexity index is 606. The van der Waals surface area contributed by atoms with Crippen molar-refractivity contribution in [3.05, 3.63) is 52.7 Å². The minimum absolute atomic E-state index is 0.129. The van der Waals surface area contributed by atoms with E-state index in [2.05, 4.69) is 43.3 Å². The highest BCUT2D eigenvalue weighted by molar-refractivity contribution is 6.31. The zero-order valence-electron chi connectivity index (χ0n) is 12.5. The van der Waals surface area contributed by atoms with Gasteiger partial charge < -0.3 is 10.2 Å². The lowest BCUT2D eigenvalue weighted by Gasteiger charge is -2.19. The van der Waals surface area contributed by atoms with Gasteiger partial charge >= 0.3 is 0 Å². The van der Waals surface area contributed by atoms with Crippen molar-refractivity contribution in [1.82, 2.24) is 4.98 Å². The molecular formula is C16H20ClN3O. The van der Waals surface area contributed by atoms with Crippen LogP contribution in [0.4, 0.5) is 5.82 Å². The van der Waals surface area contributed by atoms with Crippen LogP contribution in [0.5, 0.6) is 5.75 Å². The molecule has 0 aliphatic heterocycles.